The number of hydrogen-bond acceptors (Lipinski definition) is 7. The van der Waals surface area contributed by atoms with Crippen molar-refractivity contribution in [2.45, 2.75) is 31.1 Å². The first kappa shape index (κ1) is 15.9. The predicted molar refractivity (Wildman–Crippen MR) is 87.4 cm³/mol. The second-order valence-electron chi connectivity index (χ2n) is 4.98. The minimum Gasteiger partial charge on any atom is -0.382 e. The summed E-state index contributed by atoms with van der Waals surface area (Å²) in [6, 6.07) is 0. The molecule has 1 aliphatic rings. The Morgan fingerprint density at radius 2 is 2.10 bits per heavy atom. The fourth-order valence-electron chi connectivity index (χ4n) is 2.27. The van der Waals surface area contributed by atoms with Gasteiger partial charge in [-0.2, -0.15) is 16.1 Å². The third kappa shape index (κ3) is 3.79. The molecule has 0 radical (unpaired) electrons. The molecule has 0 bridgehead atoms. The van der Waals surface area contributed by atoms with E-state index >= 15 is 0 Å². The number of nitrogens with zero attached hydrogens (tertiary/aromatic N) is 1. The smallest absolute Gasteiger partial charge is 0.185 e. The van der Waals surface area contributed by atoms with E-state index in [0.29, 0.717) is 17.3 Å². The molecule has 0 saturated carbocycles. The van der Waals surface area contributed by atoms with Gasteiger partial charge in [-0.15, -0.1) is 0 Å². The van der Waals surface area contributed by atoms with Crippen LogP contribution in [0.3, 0.4) is 0 Å². The summed E-state index contributed by atoms with van der Waals surface area (Å²) in [4.78, 5) is 0.203. The van der Waals surface area contributed by atoms with Crippen molar-refractivity contribution in [3.63, 3.8) is 0 Å². The van der Waals surface area contributed by atoms with Gasteiger partial charge in [0, 0.05) is 6.54 Å². The van der Waals surface area contributed by atoms with Gasteiger partial charge in [0.1, 0.15) is 9.90 Å². The Bertz CT molecular complexity index is 536. The molecule has 0 unspecified atom stereocenters. The number of nitrogen functional groups attached to an aromatic ring is 1. The maximum absolute atomic E-state index is 12.2. The normalized spacial score (nSPS) is 17.2. The van der Waals surface area contributed by atoms with Gasteiger partial charge in [-0.1, -0.05) is 6.92 Å². The van der Waals surface area contributed by atoms with Gasteiger partial charge in [0.05, 0.1) is 5.75 Å². The Labute approximate surface area is 128 Å². The van der Waals surface area contributed by atoms with Crippen LogP contribution in [0.15, 0.2) is 4.90 Å². The van der Waals surface area contributed by atoms with Crippen LogP contribution >= 0.6 is 23.3 Å². The highest BCUT2D eigenvalue weighted by Gasteiger charge is 2.25. The number of nitrogens with two attached hydrogens (primary N) is 1. The average molecular weight is 336 g/mol. The van der Waals surface area contributed by atoms with Gasteiger partial charge in [0.15, 0.2) is 15.7 Å². The number of anilines is 2. The maximum atomic E-state index is 12.2. The molecule has 114 valence electrons. The molecular formula is C12H21N3O2S3. The lowest BCUT2D eigenvalue weighted by molar-refractivity contribution is 0.516. The van der Waals surface area contributed by atoms with E-state index in [9.17, 15) is 8.42 Å². The van der Waals surface area contributed by atoms with Crippen molar-refractivity contribution in [1.29, 1.82) is 0 Å². The molecule has 2 heterocycles. The Morgan fingerprint density at radius 1 is 1.40 bits per heavy atom. The monoisotopic (exact) mass is 335 g/mol. The Hall–Kier alpha value is -0.470. The zero-order chi connectivity index (χ0) is 14.6. The zero-order valence-corrected chi connectivity index (χ0v) is 14.0. The molecule has 5 nitrogen and oxygen atoms in total. The van der Waals surface area contributed by atoms with Gasteiger partial charge in [-0.05, 0) is 48.2 Å². The third-order valence-electron chi connectivity index (χ3n) is 3.35. The van der Waals surface area contributed by atoms with Crippen molar-refractivity contribution in [1.82, 2.24) is 4.37 Å². The third-order valence-corrected chi connectivity index (χ3v) is 7.33. The Morgan fingerprint density at radius 3 is 2.75 bits per heavy atom. The van der Waals surface area contributed by atoms with E-state index in [4.69, 9.17) is 5.73 Å². The van der Waals surface area contributed by atoms with Crippen LogP contribution in [0, 0.1) is 5.92 Å². The van der Waals surface area contributed by atoms with E-state index in [-0.39, 0.29) is 16.5 Å². The first-order valence-corrected chi connectivity index (χ1v) is 10.4. The van der Waals surface area contributed by atoms with E-state index in [1.54, 1.807) is 0 Å². The van der Waals surface area contributed by atoms with Crippen molar-refractivity contribution >= 4 is 44.0 Å². The Kier molecular flexibility index (Phi) is 5.57. The Balaban J connectivity index is 2.08. The van der Waals surface area contributed by atoms with E-state index in [1.807, 2.05) is 18.7 Å². The fourth-order valence-corrected chi connectivity index (χ4v) is 6.10. The number of sulfone groups is 1. The second-order valence-corrected chi connectivity index (χ2v) is 9.03. The molecule has 0 atom stereocenters. The van der Waals surface area contributed by atoms with E-state index < -0.39 is 9.84 Å². The maximum Gasteiger partial charge on any atom is 0.185 e. The minimum atomic E-state index is -3.32. The molecule has 1 saturated heterocycles. The van der Waals surface area contributed by atoms with Crippen LogP contribution in [0.1, 0.15) is 26.2 Å². The second kappa shape index (κ2) is 7.00. The van der Waals surface area contributed by atoms with Gasteiger partial charge in [-0.25, -0.2) is 8.42 Å². The molecule has 0 amide bonds. The van der Waals surface area contributed by atoms with Crippen LogP contribution in [0.2, 0.25) is 0 Å². The molecule has 1 fully saturated rings. The molecule has 1 aliphatic heterocycles. The van der Waals surface area contributed by atoms with Gasteiger partial charge < -0.3 is 11.1 Å². The highest BCUT2D eigenvalue weighted by molar-refractivity contribution is 7.99. The molecule has 2 rings (SSSR count). The molecule has 0 spiro atoms. The summed E-state index contributed by atoms with van der Waals surface area (Å²) in [6.07, 6.45) is 2.95. The van der Waals surface area contributed by atoms with Crippen molar-refractivity contribution in [3.8, 4) is 0 Å². The van der Waals surface area contributed by atoms with Gasteiger partial charge >= 0.3 is 0 Å². The molecule has 8 heteroatoms. The molecule has 1 aromatic heterocycles. The molecule has 0 aromatic carbocycles. The lowest BCUT2D eigenvalue weighted by Crippen LogP contribution is -2.20. The summed E-state index contributed by atoms with van der Waals surface area (Å²) < 4.78 is 28.5. The standard InChI is InChI=1S/C12H21N3O2S3/c1-2-7-20(16,17)10-11(13)15-19-12(10)14-8-9-3-5-18-6-4-9/h9,14H,2-8H2,1H3,(H2,13,15). The van der Waals surface area contributed by atoms with Crippen molar-refractivity contribution in [3.05, 3.63) is 0 Å². The van der Waals surface area contributed by atoms with Crippen molar-refractivity contribution in [2.24, 2.45) is 5.92 Å². The minimum absolute atomic E-state index is 0.115. The summed E-state index contributed by atoms with van der Waals surface area (Å²) >= 11 is 3.13. The lowest BCUT2D eigenvalue weighted by atomic mass is 10.0. The molecular weight excluding hydrogens is 314 g/mol. The first-order chi connectivity index (χ1) is 9.54. The average Bonchev–Trinajstić information content (AvgIpc) is 2.79. The lowest BCUT2D eigenvalue weighted by Gasteiger charge is -2.21. The summed E-state index contributed by atoms with van der Waals surface area (Å²) in [7, 11) is -3.32. The van der Waals surface area contributed by atoms with Crippen molar-refractivity contribution in [2.75, 3.05) is 34.9 Å². The van der Waals surface area contributed by atoms with Crippen LogP contribution in [0.4, 0.5) is 10.8 Å². The summed E-state index contributed by atoms with van der Waals surface area (Å²) in [6.45, 7) is 2.65. The summed E-state index contributed by atoms with van der Waals surface area (Å²) in [5, 5.41) is 3.86. The summed E-state index contributed by atoms with van der Waals surface area (Å²) in [5.74, 6) is 3.24. The van der Waals surface area contributed by atoms with E-state index in [0.717, 1.165) is 18.1 Å². The van der Waals surface area contributed by atoms with E-state index in [2.05, 4.69) is 9.69 Å². The van der Waals surface area contributed by atoms with E-state index in [1.165, 1.54) is 24.3 Å². The fraction of sp³-hybridized carbons (Fsp3) is 0.750. The van der Waals surface area contributed by atoms with Gasteiger partial charge in [-0.3, -0.25) is 0 Å². The van der Waals surface area contributed by atoms with Crippen LogP contribution in [0.5, 0.6) is 0 Å². The van der Waals surface area contributed by atoms with Crippen LogP contribution < -0.4 is 11.1 Å². The van der Waals surface area contributed by atoms with Crippen LogP contribution in [0.25, 0.3) is 0 Å². The first-order valence-electron chi connectivity index (χ1n) is 6.84. The van der Waals surface area contributed by atoms with Gasteiger partial charge in [0.25, 0.3) is 0 Å². The molecule has 20 heavy (non-hydrogen) atoms. The van der Waals surface area contributed by atoms with Crippen molar-refractivity contribution < 1.29 is 8.42 Å². The highest BCUT2D eigenvalue weighted by Crippen LogP contribution is 2.33. The quantitative estimate of drug-likeness (QED) is 0.830. The van der Waals surface area contributed by atoms with Crippen LogP contribution in [-0.4, -0.2) is 36.6 Å². The number of rotatable bonds is 6. The zero-order valence-electron chi connectivity index (χ0n) is 11.6. The highest BCUT2D eigenvalue weighted by atomic mass is 32.2. The van der Waals surface area contributed by atoms with Gasteiger partial charge in [0.2, 0.25) is 0 Å². The number of aromatic nitrogens is 1. The summed E-state index contributed by atoms with van der Waals surface area (Å²) in [5.41, 5.74) is 5.74. The molecule has 3 N–H and O–H groups in total. The number of thioether (sulfide) groups is 1. The predicted octanol–water partition coefficient (Wildman–Crippen LogP) is 2.46. The topological polar surface area (TPSA) is 85.1 Å². The molecule has 1 aromatic rings. The van der Waals surface area contributed by atoms with Crippen LogP contribution in [-0.2, 0) is 9.84 Å². The number of nitrogens with one attached hydrogen (secondary N) is 1. The SMILES string of the molecule is CCCS(=O)(=O)c1c(N)nsc1NCC1CCSCC1. The largest absolute Gasteiger partial charge is 0.382 e. The number of hydrogen-bond donors (Lipinski definition) is 2. The molecule has 0 aliphatic carbocycles.